The molecule has 0 unspecified atom stereocenters. The van der Waals surface area contributed by atoms with E-state index in [1.807, 2.05) is 43.3 Å². The average molecular weight is 300 g/mol. The highest BCUT2D eigenvalue weighted by Crippen LogP contribution is 2.16. The minimum absolute atomic E-state index is 0.518. The second kappa shape index (κ2) is 7.64. The van der Waals surface area contributed by atoms with Gasteiger partial charge in [-0.3, -0.25) is 0 Å². The van der Waals surface area contributed by atoms with Crippen molar-refractivity contribution in [3.05, 3.63) is 42.1 Å². The van der Waals surface area contributed by atoms with Crippen molar-refractivity contribution < 1.29 is 4.74 Å². The van der Waals surface area contributed by atoms with Crippen LogP contribution in [0.5, 0.6) is 5.75 Å². The van der Waals surface area contributed by atoms with Crippen LogP contribution >= 0.6 is 0 Å². The molecule has 22 heavy (non-hydrogen) atoms. The summed E-state index contributed by atoms with van der Waals surface area (Å²) in [7, 11) is 3.92. The van der Waals surface area contributed by atoms with Crippen molar-refractivity contribution in [3.63, 3.8) is 0 Å². The number of hydrogen-bond donors (Lipinski definition) is 1. The molecule has 0 aliphatic rings. The van der Waals surface area contributed by atoms with Crippen molar-refractivity contribution in [3.8, 4) is 5.75 Å². The van der Waals surface area contributed by atoms with Gasteiger partial charge in [0.2, 0.25) is 5.95 Å². The van der Waals surface area contributed by atoms with E-state index >= 15 is 0 Å². The van der Waals surface area contributed by atoms with E-state index in [0.717, 1.165) is 23.7 Å². The van der Waals surface area contributed by atoms with E-state index in [1.54, 1.807) is 6.20 Å². The van der Waals surface area contributed by atoms with Crippen molar-refractivity contribution in [1.29, 1.82) is 0 Å². The summed E-state index contributed by atoms with van der Waals surface area (Å²) in [5.41, 5.74) is 1.14. The predicted octanol–water partition coefficient (Wildman–Crippen LogP) is 3.19. The molecule has 118 valence electrons. The molecule has 1 aromatic carbocycles. The number of anilines is 2. The molecule has 0 aliphatic carbocycles. The first kappa shape index (κ1) is 16.1. The smallest absolute Gasteiger partial charge is 0.224 e. The van der Waals surface area contributed by atoms with Gasteiger partial charge >= 0.3 is 0 Å². The van der Waals surface area contributed by atoms with Crippen LogP contribution in [0.15, 0.2) is 36.5 Å². The molecule has 5 heteroatoms. The molecule has 1 heterocycles. The lowest BCUT2D eigenvalue weighted by atomic mass is 10.2. The van der Waals surface area contributed by atoms with E-state index in [-0.39, 0.29) is 0 Å². The fourth-order valence-corrected chi connectivity index (χ4v) is 1.87. The van der Waals surface area contributed by atoms with Gasteiger partial charge in [0.05, 0.1) is 6.61 Å². The van der Waals surface area contributed by atoms with Gasteiger partial charge in [-0.05, 0) is 29.7 Å². The molecule has 0 amide bonds. The van der Waals surface area contributed by atoms with Crippen molar-refractivity contribution >= 4 is 11.8 Å². The van der Waals surface area contributed by atoms with Crippen LogP contribution in [0.25, 0.3) is 0 Å². The molecular weight excluding hydrogens is 276 g/mol. The molecule has 5 nitrogen and oxygen atoms in total. The number of hydrogen-bond acceptors (Lipinski definition) is 5. The highest BCUT2D eigenvalue weighted by atomic mass is 16.5. The van der Waals surface area contributed by atoms with Gasteiger partial charge in [-0.25, -0.2) is 4.98 Å². The quantitative estimate of drug-likeness (QED) is 0.851. The largest absolute Gasteiger partial charge is 0.493 e. The first-order chi connectivity index (χ1) is 10.5. The number of nitrogens with one attached hydrogen (secondary N) is 1. The maximum absolute atomic E-state index is 5.75. The molecule has 0 aliphatic heterocycles. The zero-order valence-electron chi connectivity index (χ0n) is 13.7. The monoisotopic (exact) mass is 300 g/mol. The van der Waals surface area contributed by atoms with Crippen LogP contribution in [0.2, 0.25) is 0 Å². The SMILES string of the molecule is CC(C)COc1cccc(CNc2nccc(N(C)C)n2)c1. The Morgan fingerprint density at radius 1 is 1.23 bits per heavy atom. The number of rotatable bonds is 7. The first-order valence-corrected chi connectivity index (χ1v) is 7.50. The lowest BCUT2D eigenvalue weighted by molar-refractivity contribution is 0.271. The third-order valence-electron chi connectivity index (χ3n) is 3.03. The predicted molar refractivity (Wildman–Crippen MR) is 90.5 cm³/mol. The summed E-state index contributed by atoms with van der Waals surface area (Å²) in [6.45, 7) is 5.67. The number of benzene rings is 1. The summed E-state index contributed by atoms with van der Waals surface area (Å²) in [5.74, 6) is 2.92. The van der Waals surface area contributed by atoms with Gasteiger partial charge in [0.1, 0.15) is 11.6 Å². The molecule has 0 radical (unpaired) electrons. The van der Waals surface area contributed by atoms with Crippen molar-refractivity contribution in [2.24, 2.45) is 5.92 Å². The Kier molecular flexibility index (Phi) is 5.58. The fourth-order valence-electron chi connectivity index (χ4n) is 1.87. The Balaban J connectivity index is 1.96. The summed E-state index contributed by atoms with van der Waals surface area (Å²) in [5, 5.41) is 3.24. The zero-order valence-corrected chi connectivity index (χ0v) is 13.7. The second-order valence-corrected chi connectivity index (χ2v) is 5.84. The third-order valence-corrected chi connectivity index (χ3v) is 3.03. The van der Waals surface area contributed by atoms with Gasteiger partial charge < -0.3 is 15.0 Å². The number of ether oxygens (including phenoxy) is 1. The molecule has 1 N–H and O–H groups in total. The molecule has 1 aromatic heterocycles. The van der Waals surface area contributed by atoms with E-state index < -0.39 is 0 Å². The summed E-state index contributed by atoms with van der Waals surface area (Å²) >= 11 is 0. The van der Waals surface area contributed by atoms with Gasteiger partial charge in [0.25, 0.3) is 0 Å². The van der Waals surface area contributed by atoms with Crippen molar-refractivity contribution in [2.45, 2.75) is 20.4 Å². The molecule has 0 bridgehead atoms. The molecule has 0 atom stereocenters. The lowest BCUT2D eigenvalue weighted by Crippen LogP contribution is -2.12. The zero-order chi connectivity index (χ0) is 15.9. The molecule has 0 spiro atoms. The summed E-state index contributed by atoms with van der Waals surface area (Å²) in [4.78, 5) is 10.6. The molecule has 0 saturated carbocycles. The lowest BCUT2D eigenvalue weighted by Gasteiger charge is -2.13. The van der Waals surface area contributed by atoms with Crippen molar-refractivity contribution in [1.82, 2.24) is 9.97 Å². The summed E-state index contributed by atoms with van der Waals surface area (Å²) < 4.78 is 5.75. The van der Waals surface area contributed by atoms with Crippen LogP contribution in [-0.4, -0.2) is 30.7 Å². The molecule has 0 fully saturated rings. The Morgan fingerprint density at radius 3 is 2.77 bits per heavy atom. The van der Waals surface area contributed by atoms with Crippen LogP contribution < -0.4 is 15.0 Å². The third kappa shape index (κ3) is 4.91. The number of aromatic nitrogens is 2. The number of nitrogens with zero attached hydrogens (tertiary/aromatic N) is 3. The standard InChI is InChI=1S/C17H24N4O/c1-13(2)12-22-15-7-5-6-14(10-15)11-19-17-18-9-8-16(20-17)21(3)4/h5-10,13H,11-12H2,1-4H3,(H,18,19,20). The topological polar surface area (TPSA) is 50.3 Å². The second-order valence-electron chi connectivity index (χ2n) is 5.84. The average Bonchev–Trinajstić information content (AvgIpc) is 2.51. The maximum atomic E-state index is 5.75. The Hall–Kier alpha value is -2.30. The summed E-state index contributed by atoms with van der Waals surface area (Å²) in [6, 6.07) is 9.97. The minimum atomic E-state index is 0.518. The highest BCUT2D eigenvalue weighted by molar-refractivity contribution is 5.41. The Labute approximate surface area is 132 Å². The Morgan fingerprint density at radius 2 is 2.05 bits per heavy atom. The normalized spacial score (nSPS) is 10.6. The van der Waals surface area contributed by atoms with Crippen LogP contribution in [0.3, 0.4) is 0 Å². The molecular formula is C17H24N4O. The van der Waals surface area contributed by atoms with Gasteiger partial charge in [-0.1, -0.05) is 26.0 Å². The van der Waals surface area contributed by atoms with E-state index in [9.17, 15) is 0 Å². The molecule has 2 rings (SSSR count). The molecule has 2 aromatic rings. The maximum Gasteiger partial charge on any atom is 0.224 e. The summed E-state index contributed by atoms with van der Waals surface area (Å²) in [6.07, 6.45) is 1.76. The van der Waals surface area contributed by atoms with Gasteiger partial charge in [-0.15, -0.1) is 0 Å². The van der Waals surface area contributed by atoms with Gasteiger partial charge in [0, 0.05) is 26.8 Å². The van der Waals surface area contributed by atoms with E-state index in [1.165, 1.54) is 0 Å². The van der Waals surface area contributed by atoms with Crippen LogP contribution in [-0.2, 0) is 6.54 Å². The van der Waals surface area contributed by atoms with E-state index in [2.05, 4.69) is 35.2 Å². The van der Waals surface area contributed by atoms with Gasteiger partial charge in [-0.2, -0.15) is 4.98 Å². The van der Waals surface area contributed by atoms with E-state index in [4.69, 9.17) is 4.74 Å². The minimum Gasteiger partial charge on any atom is -0.493 e. The fraction of sp³-hybridized carbons (Fsp3) is 0.412. The van der Waals surface area contributed by atoms with Gasteiger partial charge in [0.15, 0.2) is 0 Å². The van der Waals surface area contributed by atoms with Crippen molar-refractivity contribution in [2.75, 3.05) is 30.9 Å². The van der Waals surface area contributed by atoms with Crippen LogP contribution in [0.4, 0.5) is 11.8 Å². The van der Waals surface area contributed by atoms with Crippen LogP contribution in [0, 0.1) is 5.92 Å². The highest BCUT2D eigenvalue weighted by Gasteiger charge is 2.02. The van der Waals surface area contributed by atoms with E-state index in [0.29, 0.717) is 18.4 Å². The first-order valence-electron chi connectivity index (χ1n) is 7.50. The molecule has 0 saturated heterocycles. The Bertz CT molecular complexity index is 599. The van der Waals surface area contributed by atoms with Crippen LogP contribution in [0.1, 0.15) is 19.4 Å².